The minimum Gasteiger partial charge on any atom is -0.544 e. The zero-order chi connectivity index (χ0) is 15.8. The van der Waals surface area contributed by atoms with Crippen LogP contribution in [0.25, 0.3) is 0 Å². The second kappa shape index (κ2) is 8.79. The molecule has 4 heteroatoms. The zero-order valence-corrected chi connectivity index (χ0v) is 13.5. The first-order valence-electron chi connectivity index (χ1n) is 8.45. The van der Waals surface area contributed by atoms with E-state index < -0.39 is 5.97 Å². The Morgan fingerprint density at radius 1 is 1.18 bits per heavy atom. The molecule has 0 heterocycles. The van der Waals surface area contributed by atoms with Crippen LogP contribution in [0.5, 0.6) is 5.75 Å². The molecule has 4 nitrogen and oxygen atoms in total. The summed E-state index contributed by atoms with van der Waals surface area (Å²) in [5.74, 6) is -0.0904. The molecule has 122 valence electrons. The Morgan fingerprint density at radius 3 is 2.36 bits per heavy atom. The molecule has 22 heavy (non-hydrogen) atoms. The van der Waals surface area contributed by atoms with E-state index >= 15 is 0 Å². The van der Waals surface area contributed by atoms with Crippen LogP contribution in [0, 0.1) is 0 Å². The molecular formula is C18H27NO3. The number of aliphatic carboxylic acids is 1. The van der Waals surface area contributed by atoms with Gasteiger partial charge in [-0.2, -0.15) is 0 Å². The van der Waals surface area contributed by atoms with E-state index in [4.69, 9.17) is 4.74 Å². The number of ether oxygens (including phenoxy) is 1. The van der Waals surface area contributed by atoms with Crippen molar-refractivity contribution in [1.29, 1.82) is 0 Å². The van der Waals surface area contributed by atoms with Crippen molar-refractivity contribution in [3.63, 3.8) is 0 Å². The smallest absolute Gasteiger partial charge is 0.119 e. The van der Waals surface area contributed by atoms with Crippen molar-refractivity contribution >= 4 is 5.97 Å². The van der Waals surface area contributed by atoms with E-state index in [9.17, 15) is 9.90 Å². The molecular weight excluding hydrogens is 278 g/mol. The van der Waals surface area contributed by atoms with E-state index in [1.54, 1.807) is 0 Å². The van der Waals surface area contributed by atoms with Crippen molar-refractivity contribution in [2.24, 2.45) is 0 Å². The molecule has 0 aliphatic heterocycles. The fraction of sp³-hybridized carbons (Fsp3) is 0.611. The monoisotopic (exact) mass is 305 g/mol. The summed E-state index contributed by atoms with van der Waals surface area (Å²) in [6.45, 7) is 3.46. The van der Waals surface area contributed by atoms with E-state index in [-0.39, 0.29) is 6.54 Å². The van der Waals surface area contributed by atoms with Gasteiger partial charge in [-0.25, -0.2) is 0 Å². The second-order valence-electron chi connectivity index (χ2n) is 6.15. The molecule has 0 saturated heterocycles. The van der Waals surface area contributed by atoms with Gasteiger partial charge in [0.25, 0.3) is 0 Å². The average molecular weight is 305 g/mol. The van der Waals surface area contributed by atoms with Crippen molar-refractivity contribution in [2.45, 2.75) is 58.0 Å². The Balaban J connectivity index is 2.02. The number of carboxylic acids is 1. The number of carboxylic acid groups (broad SMARTS) is 1. The maximum atomic E-state index is 11.1. The van der Waals surface area contributed by atoms with Crippen molar-refractivity contribution in [1.82, 2.24) is 0 Å². The summed E-state index contributed by atoms with van der Waals surface area (Å²) in [7, 11) is 0. The molecule has 1 unspecified atom stereocenters. The topological polar surface area (TPSA) is 53.8 Å². The molecule has 0 bridgehead atoms. The summed E-state index contributed by atoms with van der Waals surface area (Å²) in [6.07, 6.45) is 7.23. The summed E-state index contributed by atoms with van der Waals surface area (Å²) in [6, 6.07) is 8.44. The van der Waals surface area contributed by atoms with Crippen LogP contribution >= 0.6 is 0 Å². The van der Waals surface area contributed by atoms with Gasteiger partial charge in [0.2, 0.25) is 0 Å². The third-order valence-corrected chi connectivity index (χ3v) is 4.47. The van der Waals surface area contributed by atoms with Crippen LogP contribution in [0.3, 0.4) is 0 Å². The van der Waals surface area contributed by atoms with E-state index in [1.165, 1.54) is 25.7 Å². The highest BCUT2D eigenvalue weighted by molar-refractivity contribution is 5.65. The van der Waals surface area contributed by atoms with Gasteiger partial charge in [-0.15, -0.1) is 0 Å². The molecule has 1 N–H and O–H groups in total. The van der Waals surface area contributed by atoms with Crippen molar-refractivity contribution in [3.05, 3.63) is 29.8 Å². The summed E-state index contributed by atoms with van der Waals surface area (Å²) >= 11 is 0. The van der Waals surface area contributed by atoms with Gasteiger partial charge in [0.05, 0.1) is 18.6 Å². The fourth-order valence-corrected chi connectivity index (χ4v) is 3.36. The Labute approximate surface area is 133 Å². The lowest BCUT2D eigenvalue weighted by Gasteiger charge is -2.28. The largest absolute Gasteiger partial charge is 0.544 e. The third-order valence-electron chi connectivity index (χ3n) is 4.47. The number of carbonyl (C=O) groups is 1. The quantitative estimate of drug-likeness (QED) is 0.763. The van der Waals surface area contributed by atoms with Crippen molar-refractivity contribution < 1.29 is 19.5 Å². The molecule has 1 atom stereocenters. The first kappa shape index (κ1) is 16.8. The SMILES string of the molecule is CCOc1ccc(C[NH+](CC(=O)[O-])C2CCCCCC2)cc1. The number of hydrogen-bond donors (Lipinski definition) is 1. The highest BCUT2D eigenvalue weighted by atomic mass is 16.5. The van der Waals surface area contributed by atoms with Gasteiger partial charge < -0.3 is 19.5 Å². The molecule has 1 aromatic carbocycles. The molecule has 1 aromatic rings. The molecule has 1 aliphatic carbocycles. The first-order valence-corrected chi connectivity index (χ1v) is 8.45. The molecule has 0 spiro atoms. The highest BCUT2D eigenvalue weighted by Crippen LogP contribution is 2.16. The van der Waals surface area contributed by atoms with Gasteiger partial charge in [-0.1, -0.05) is 12.8 Å². The Kier molecular flexibility index (Phi) is 6.72. The standard InChI is InChI=1S/C18H27NO3/c1-2-22-17-11-9-15(10-12-17)13-19(14-18(20)21)16-7-5-3-4-6-8-16/h9-12,16H,2-8,13-14H2,1H3,(H,20,21). The predicted octanol–water partition coefficient (Wildman–Crippen LogP) is 0.943. The van der Waals surface area contributed by atoms with Crippen LogP contribution in [-0.2, 0) is 11.3 Å². The average Bonchev–Trinajstić information content (AvgIpc) is 2.77. The van der Waals surface area contributed by atoms with Crippen molar-refractivity contribution in [3.8, 4) is 5.75 Å². The fourth-order valence-electron chi connectivity index (χ4n) is 3.36. The number of nitrogens with one attached hydrogen (secondary N) is 1. The second-order valence-corrected chi connectivity index (χ2v) is 6.15. The van der Waals surface area contributed by atoms with Crippen LogP contribution in [0.2, 0.25) is 0 Å². The molecule has 1 aliphatic rings. The molecule has 1 fully saturated rings. The summed E-state index contributed by atoms with van der Waals surface area (Å²) in [4.78, 5) is 12.2. The third kappa shape index (κ3) is 5.34. The van der Waals surface area contributed by atoms with Crippen LogP contribution in [0.1, 0.15) is 51.0 Å². The van der Waals surface area contributed by atoms with Gasteiger partial charge in [0.1, 0.15) is 18.8 Å². The lowest BCUT2D eigenvalue weighted by molar-refractivity contribution is -0.934. The van der Waals surface area contributed by atoms with E-state index in [2.05, 4.69) is 0 Å². The van der Waals surface area contributed by atoms with Crippen LogP contribution in [-0.4, -0.2) is 25.2 Å². The van der Waals surface area contributed by atoms with Crippen LogP contribution in [0.15, 0.2) is 24.3 Å². The number of carbonyl (C=O) groups excluding carboxylic acids is 1. The molecule has 0 aromatic heterocycles. The lowest BCUT2D eigenvalue weighted by atomic mass is 10.1. The maximum Gasteiger partial charge on any atom is 0.119 e. The van der Waals surface area contributed by atoms with Gasteiger partial charge >= 0.3 is 0 Å². The maximum absolute atomic E-state index is 11.1. The minimum atomic E-state index is -0.954. The van der Waals surface area contributed by atoms with Gasteiger partial charge in [0.15, 0.2) is 0 Å². The van der Waals surface area contributed by atoms with Crippen LogP contribution in [0.4, 0.5) is 0 Å². The number of hydrogen-bond acceptors (Lipinski definition) is 3. The number of quaternary nitrogens is 1. The number of rotatable bonds is 7. The molecule has 1 saturated carbocycles. The van der Waals surface area contributed by atoms with Gasteiger partial charge in [-0.05, 0) is 56.9 Å². The number of benzene rings is 1. The summed E-state index contributed by atoms with van der Waals surface area (Å²) < 4.78 is 5.45. The zero-order valence-electron chi connectivity index (χ0n) is 13.5. The Bertz CT molecular complexity index is 450. The molecule has 0 radical (unpaired) electrons. The highest BCUT2D eigenvalue weighted by Gasteiger charge is 2.23. The lowest BCUT2D eigenvalue weighted by Crippen LogP contribution is -3.15. The Hall–Kier alpha value is -1.55. The minimum absolute atomic E-state index is 0.0951. The van der Waals surface area contributed by atoms with E-state index in [0.29, 0.717) is 12.6 Å². The first-order chi connectivity index (χ1) is 10.7. The van der Waals surface area contributed by atoms with Gasteiger partial charge in [0, 0.05) is 5.56 Å². The Morgan fingerprint density at radius 2 is 1.82 bits per heavy atom. The predicted molar refractivity (Wildman–Crippen MR) is 83.6 cm³/mol. The van der Waals surface area contributed by atoms with E-state index in [1.807, 2.05) is 31.2 Å². The van der Waals surface area contributed by atoms with E-state index in [0.717, 1.165) is 35.6 Å². The normalized spacial score (nSPS) is 17.7. The van der Waals surface area contributed by atoms with Gasteiger partial charge in [-0.3, -0.25) is 0 Å². The molecule has 0 amide bonds. The molecule has 2 rings (SSSR count). The summed E-state index contributed by atoms with van der Waals surface area (Å²) in [5, 5.41) is 11.1. The summed E-state index contributed by atoms with van der Waals surface area (Å²) in [5.41, 5.74) is 1.16. The van der Waals surface area contributed by atoms with Crippen LogP contribution < -0.4 is 14.7 Å². The van der Waals surface area contributed by atoms with Crippen molar-refractivity contribution in [2.75, 3.05) is 13.2 Å².